The minimum atomic E-state index is -0.366. The number of allylic oxidation sites excluding steroid dienone is 9. The molecule has 4 rings (SSSR count). The summed E-state index contributed by atoms with van der Waals surface area (Å²) in [5.74, 6) is 0.386. The second kappa shape index (κ2) is 13.5. The summed E-state index contributed by atoms with van der Waals surface area (Å²) in [5.41, 5.74) is 2.95. The molecule has 0 aromatic rings. The number of hydrogen-bond donors (Lipinski definition) is 2. The van der Waals surface area contributed by atoms with Gasteiger partial charge >= 0.3 is 169 Å². The van der Waals surface area contributed by atoms with Crippen molar-refractivity contribution in [3.8, 4) is 0 Å². The molecule has 0 aromatic carbocycles. The summed E-state index contributed by atoms with van der Waals surface area (Å²) in [6, 6.07) is 0.0154. The van der Waals surface area contributed by atoms with Gasteiger partial charge in [0, 0.05) is 6.54 Å². The second-order valence-electron chi connectivity index (χ2n) is 11.2. The van der Waals surface area contributed by atoms with E-state index in [1.165, 1.54) is 21.9 Å². The van der Waals surface area contributed by atoms with Crippen LogP contribution >= 0.6 is 0 Å². The summed E-state index contributed by atoms with van der Waals surface area (Å²) in [6.45, 7) is 9.27. The molecular weight excluding hydrogens is 587 g/mol. The third kappa shape index (κ3) is 7.04. The van der Waals surface area contributed by atoms with Gasteiger partial charge in [0.25, 0.3) is 0 Å². The Morgan fingerprint density at radius 3 is 2.84 bits per heavy atom. The Hall–Kier alpha value is -1.78. The molecule has 2 amide bonds. The van der Waals surface area contributed by atoms with Gasteiger partial charge in [0.05, 0.1) is 0 Å². The van der Waals surface area contributed by atoms with Crippen molar-refractivity contribution in [1.29, 1.82) is 0 Å². The zero-order chi connectivity index (χ0) is 27.1. The van der Waals surface area contributed by atoms with Crippen LogP contribution in [0.15, 0.2) is 59.0 Å². The molecule has 2 N–H and O–H groups in total. The second-order valence-corrected chi connectivity index (χ2v) is 14.3. The molecule has 0 saturated carbocycles. The van der Waals surface area contributed by atoms with E-state index in [1.54, 1.807) is 12.2 Å². The standard InChI is InChI=1S/C31H43FN3O2.Sb/c1-6-8-9-10-25(7-2)22(3)19-23(4)29(36)34-24(5)21-35-17-15-31(16-18-35)28(20-33-30(31)37)26-11-13-27(32)14-12-26;/h3,9-11,13-14,19,24,26,28H,1,6-8,12,15-18,20-21H2,2,4-5H3,(H,33,37)(H,34,36);/b10-9-,23-19+,25-22+;. The van der Waals surface area contributed by atoms with Crippen LogP contribution in [0.4, 0.5) is 4.39 Å². The van der Waals surface area contributed by atoms with Crippen LogP contribution in [0.25, 0.3) is 0 Å². The van der Waals surface area contributed by atoms with Gasteiger partial charge in [0.2, 0.25) is 5.91 Å². The van der Waals surface area contributed by atoms with Crippen molar-refractivity contribution in [1.82, 2.24) is 15.5 Å². The van der Waals surface area contributed by atoms with Gasteiger partial charge in [-0.05, 0) is 30.4 Å². The Morgan fingerprint density at radius 1 is 1.34 bits per heavy atom. The van der Waals surface area contributed by atoms with Crippen LogP contribution in [0.3, 0.4) is 0 Å². The van der Waals surface area contributed by atoms with Crippen molar-refractivity contribution < 1.29 is 14.0 Å². The van der Waals surface area contributed by atoms with Crippen LogP contribution in [0.1, 0.15) is 59.3 Å². The quantitative estimate of drug-likeness (QED) is 0.318. The average Bonchev–Trinajstić information content (AvgIpc) is 3.27. The monoisotopic (exact) mass is 629 g/mol. The van der Waals surface area contributed by atoms with Gasteiger partial charge in [-0.1, -0.05) is 6.08 Å². The van der Waals surface area contributed by atoms with Crippen molar-refractivity contribution in [3.05, 3.63) is 59.0 Å². The predicted octanol–water partition coefficient (Wildman–Crippen LogP) is 4.68. The third-order valence-corrected chi connectivity index (χ3v) is 11.6. The summed E-state index contributed by atoms with van der Waals surface area (Å²) < 4.78 is 17.3. The van der Waals surface area contributed by atoms with Crippen molar-refractivity contribution in [2.24, 2.45) is 17.3 Å². The Morgan fingerprint density at radius 2 is 2.13 bits per heavy atom. The molecule has 38 heavy (non-hydrogen) atoms. The zero-order valence-corrected chi connectivity index (χ0v) is 25.7. The molecule has 0 radical (unpaired) electrons. The average molecular weight is 630 g/mol. The molecule has 3 aliphatic heterocycles. The van der Waals surface area contributed by atoms with E-state index in [0.29, 0.717) is 13.0 Å². The summed E-state index contributed by atoms with van der Waals surface area (Å²) in [7, 11) is 0. The van der Waals surface area contributed by atoms with Gasteiger partial charge in [-0.15, -0.1) is 0 Å². The number of halogens is 1. The van der Waals surface area contributed by atoms with E-state index in [9.17, 15) is 14.0 Å². The van der Waals surface area contributed by atoms with Gasteiger partial charge in [-0.2, -0.15) is 0 Å². The molecule has 1 spiro atoms. The molecule has 7 heteroatoms. The van der Waals surface area contributed by atoms with Crippen LogP contribution in [-0.2, 0) is 9.59 Å². The molecule has 1 aliphatic carbocycles. The molecule has 5 nitrogen and oxygen atoms in total. The number of nitrogens with zero attached hydrogens (tertiary/aromatic N) is 1. The SMILES string of the molecule is CCC1=C(\C=C(/C)C(=O)NC(C)CN2CCC3(CC2)C(=O)NCC3C2C=CC(F)=CC2)[CH]=[Sb][CH2]CC/C=C\1. The molecule has 4 aliphatic rings. The van der Waals surface area contributed by atoms with E-state index in [4.69, 9.17) is 0 Å². The van der Waals surface area contributed by atoms with Gasteiger partial charge < -0.3 is 5.32 Å². The van der Waals surface area contributed by atoms with E-state index < -0.39 is 0 Å². The summed E-state index contributed by atoms with van der Waals surface area (Å²) in [4.78, 5) is 28.4. The summed E-state index contributed by atoms with van der Waals surface area (Å²) >= 11 is -0.354. The van der Waals surface area contributed by atoms with Gasteiger partial charge in [-0.3, -0.25) is 4.79 Å². The maximum atomic E-state index is 13.5. The van der Waals surface area contributed by atoms with E-state index in [1.807, 2.05) is 13.0 Å². The molecule has 0 bridgehead atoms. The van der Waals surface area contributed by atoms with Gasteiger partial charge in [0.1, 0.15) is 5.83 Å². The first-order chi connectivity index (χ1) is 18.3. The van der Waals surface area contributed by atoms with E-state index in [0.717, 1.165) is 50.9 Å². The molecule has 206 valence electrons. The topological polar surface area (TPSA) is 61.4 Å². The molecule has 3 heterocycles. The molecule has 3 unspecified atom stereocenters. The molecular formula is C31H43FN3O2Sb. The number of likely N-dealkylation sites (tertiary alicyclic amines) is 1. The summed E-state index contributed by atoms with van der Waals surface area (Å²) in [5, 5.41) is 6.31. The van der Waals surface area contributed by atoms with Crippen molar-refractivity contribution >= 4 is 36.9 Å². The predicted molar refractivity (Wildman–Crippen MR) is 155 cm³/mol. The number of amides is 2. The van der Waals surface area contributed by atoms with E-state index >= 15 is 0 Å². The van der Waals surface area contributed by atoms with E-state index in [-0.39, 0.29) is 62.1 Å². The maximum absolute atomic E-state index is 13.5. The zero-order valence-electron chi connectivity index (χ0n) is 23.1. The van der Waals surface area contributed by atoms with Crippen LogP contribution in [0.5, 0.6) is 0 Å². The Labute approximate surface area is 237 Å². The first kappa shape index (κ1) is 29.2. The number of rotatable bonds is 7. The van der Waals surface area contributed by atoms with Crippen LogP contribution in [-0.4, -0.2) is 74.0 Å². The van der Waals surface area contributed by atoms with Crippen molar-refractivity contribution in [2.45, 2.75) is 69.7 Å². The fourth-order valence-corrected chi connectivity index (χ4v) is 8.99. The van der Waals surface area contributed by atoms with Gasteiger partial charge in [0.15, 0.2) is 0 Å². The van der Waals surface area contributed by atoms with Crippen molar-refractivity contribution in [2.75, 3.05) is 26.2 Å². The summed E-state index contributed by atoms with van der Waals surface area (Å²) in [6.07, 6.45) is 17.4. The van der Waals surface area contributed by atoms with Crippen LogP contribution in [0, 0.1) is 17.3 Å². The molecule has 3 atom stereocenters. The number of piperidine rings is 1. The third-order valence-electron chi connectivity index (χ3n) is 8.60. The van der Waals surface area contributed by atoms with Crippen molar-refractivity contribution in [3.63, 3.8) is 0 Å². The Bertz CT molecular complexity index is 1080. The molecule has 2 saturated heterocycles. The first-order valence-corrected chi connectivity index (χ1v) is 17.5. The Balaban J connectivity index is 1.32. The van der Waals surface area contributed by atoms with Crippen LogP contribution in [0.2, 0.25) is 4.37 Å². The van der Waals surface area contributed by atoms with Crippen LogP contribution < -0.4 is 10.6 Å². The molecule has 0 aromatic heterocycles. The van der Waals surface area contributed by atoms with E-state index in [2.05, 4.69) is 51.6 Å². The normalized spacial score (nSPS) is 29.7. The molecule has 2 fully saturated rings. The number of nitrogens with one attached hydrogen (secondary N) is 2. The van der Waals surface area contributed by atoms with Gasteiger partial charge in [-0.25, -0.2) is 4.39 Å². The number of carbonyl (C=O) groups excluding carboxylic acids is 2. The fraction of sp³-hybridized carbons (Fsp3) is 0.581. The number of hydrogen-bond acceptors (Lipinski definition) is 3. The number of carbonyl (C=O) groups is 2. The Kier molecular flexibility index (Phi) is 10.4. The minimum absolute atomic E-state index is 0.00575. The fourth-order valence-electron chi connectivity index (χ4n) is 6.33. The first-order valence-electron chi connectivity index (χ1n) is 14.3.